The number of carbonyl (C=O) groups excluding carboxylic acids is 1. The van der Waals surface area contributed by atoms with Crippen LogP contribution in [0.5, 0.6) is 0 Å². The highest BCUT2D eigenvalue weighted by atomic mass is 16.4. The molecule has 1 saturated carbocycles. The number of amides is 1. The quantitative estimate of drug-likeness (QED) is 0.619. The maximum atomic E-state index is 11.7. The molecule has 1 fully saturated rings. The van der Waals surface area contributed by atoms with Crippen LogP contribution in [-0.2, 0) is 9.59 Å². The lowest BCUT2D eigenvalue weighted by atomic mass is 9.95. The third-order valence-electron chi connectivity index (χ3n) is 3.07. The highest BCUT2D eigenvalue weighted by molar-refractivity contribution is 5.84. The van der Waals surface area contributed by atoms with E-state index in [9.17, 15) is 14.7 Å². The maximum absolute atomic E-state index is 11.7. The molecule has 0 spiro atoms. The minimum Gasteiger partial charge on any atom is -0.480 e. The fraction of sp³-hybridized carbons (Fsp3) is 0.833. The molecule has 1 aliphatic carbocycles. The number of carboxylic acids is 1. The largest absolute Gasteiger partial charge is 0.480 e. The predicted octanol–water partition coefficient (Wildman–Crippen LogP) is 0.886. The molecule has 0 aromatic carbocycles. The first-order chi connectivity index (χ1) is 7.89. The molecule has 98 valence electrons. The molecular formula is C12H22N2O3. The Morgan fingerprint density at radius 1 is 1.47 bits per heavy atom. The summed E-state index contributed by atoms with van der Waals surface area (Å²) in [5.74, 6) is -1.03. The monoisotopic (exact) mass is 242 g/mol. The van der Waals surface area contributed by atoms with Crippen LogP contribution in [-0.4, -0.2) is 34.6 Å². The predicted molar refractivity (Wildman–Crippen MR) is 64.7 cm³/mol. The zero-order valence-electron chi connectivity index (χ0n) is 10.7. The minimum atomic E-state index is -1.03. The van der Waals surface area contributed by atoms with Crippen LogP contribution < -0.4 is 10.6 Å². The van der Waals surface area contributed by atoms with E-state index in [4.69, 9.17) is 0 Å². The van der Waals surface area contributed by atoms with Crippen LogP contribution in [0.2, 0.25) is 0 Å². The third kappa shape index (κ3) is 4.00. The van der Waals surface area contributed by atoms with Crippen LogP contribution in [0.1, 0.15) is 46.5 Å². The molecule has 0 saturated heterocycles. The van der Waals surface area contributed by atoms with Gasteiger partial charge in [-0.3, -0.25) is 14.9 Å². The molecule has 0 aromatic heterocycles. The summed E-state index contributed by atoms with van der Waals surface area (Å²) in [7, 11) is 0. The van der Waals surface area contributed by atoms with E-state index in [0.717, 1.165) is 19.3 Å². The standard InChI is InChI=1S/C12H22N2O3/c1-4-7-12(3,11(16)17)14-8(2)10(15)13-9-5-6-9/h8-9,14H,4-7H2,1-3H3,(H,13,15)(H,16,17). The highest BCUT2D eigenvalue weighted by Crippen LogP contribution is 2.19. The van der Waals surface area contributed by atoms with Gasteiger partial charge in [-0.2, -0.15) is 0 Å². The summed E-state index contributed by atoms with van der Waals surface area (Å²) in [4.78, 5) is 22.9. The molecule has 5 heteroatoms. The molecule has 0 heterocycles. The Kier molecular flexibility index (Phi) is 4.51. The summed E-state index contributed by atoms with van der Waals surface area (Å²) in [5.41, 5.74) is -1.03. The van der Waals surface area contributed by atoms with Crippen molar-refractivity contribution in [2.24, 2.45) is 0 Å². The fourth-order valence-corrected chi connectivity index (χ4v) is 1.84. The Morgan fingerprint density at radius 2 is 2.06 bits per heavy atom. The van der Waals surface area contributed by atoms with E-state index in [1.165, 1.54) is 0 Å². The van der Waals surface area contributed by atoms with Crippen molar-refractivity contribution in [3.63, 3.8) is 0 Å². The zero-order valence-corrected chi connectivity index (χ0v) is 10.7. The highest BCUT2D eigenvalue weighted by Gasteiger charge is 2.35. The average molecular weight is 242 g/mol. The van der Waals surface area contributed by atoms with Crippen LogP contribution in [0, 0.1) is 0 Å². The Morgan fingerprint density at radius 3 is 2.47 bits per heavy atom. The Labute approximate surface area is 102 Å². The number of hydrogen-bond donors (Lipinski definition) is 3. The molecule has 0 aromatic rings. The number of rotatable bonds is 7. The van der Waals surface area contributed by atoms with E-state index in [2.05, 4.69) is 10.6 Å². The number of nitrogens with one attached hydrogen (secondary N) is 2. The van der Waals surface area contributed by atoms with Crippen molar-refractivity contribution in [1.82, 2.24) is 10.6 Å². The second-order valence-corrected chi connectivity index (χ2v) is 5.04. The molecule has 0 aliphatic heterocycles. The molecule has 1 amide bonds. The average Bonchev–Trinajstić information content (AvgIpc) is 3.01. The summed E-state index contributed by atoms with van der Waals surface area (Å²) >= 11 is 0. The first kappa shape index (κ1) is 14.0. The number of aliphatic carboxylic acids is 1. The molecule has 5 nitrogen and oxygen atoms in total. The fourth-order valence-electron chi connectivity index (χ4n) is 1.84. The molecule has 0 bridgehead atoms. The summed E-state index contributed by atoms with van der Waals surface area (Å²) in [6, 6.07) is -0.183. The molecule has 1 rings (SSSR count). The third-order valence-corrected chi connectivity index (χ3v) is 3.07. The maximum Gasteiger partial charge on any atom is 0.323 e. The van der Waals surface area contributed by atoms with E-state index < -0.39 is 17.6 Å². The van der Waals surface area contributed by atoms with Gasteiger partial charge in [-0.25, -0.2) is 0 Å². The van der Waals surface area contributed by atoms with Gasteiger partial charge in [0.15, 0.2) is 0 Å². The van der Waals surface area contributed by atoms with Gasteiger partial charge in [-0.1, -0.05) is 13.3 Å². The van der Waals surface area contributed by atoms with Crippen LogP contribution in [0.25, 0.3) is 0 Å². The molecular weight excluding hydrogens is 220 g/mol. The van der Waals surface area contributed by atoms with Gasteiger partial charge < -0.3 is 10.4 Å². The summed E-state index contributed by atoms with van der Waals surface area (Å²) in [6.07, 6.45) is 3.32. The van der Waals surface area contributed by atoms with Crippen molar-refractivity contribution < 1.29 is 14.7 Å². The van der Waals surface area contributed by atoms with Crippen LogP contribution >= 0.6 is 0 Å². The lowest BCUT2D eigenvalue weighted by Gasteiger charge is -2.29. The van der Waals surface area contributed by atoms with Gasteiger partial charge >= 0.3 is 5.97 Å². The van der Waals surface area contributed by atoms with Crippen LogP contribution in [0.4, 0.5) is 0 Å². The molecule has 0 radical (unpaired) electrons. The Hall–Kier alpha value is -1.10. The van der Waals surface area contributed by atoms with E-state index in [0.29, 0.717) is 12.5 Å². The van der Waals surface area contributed by atoms with E-state index in [1.54, 1.807) is 13.8 Å². The summed E-state index contributed by atoms with van der Waals surface area (Å²) in [6.45, 7) is 5.26. The second-order valence-electron chi connectivity index (χ2n) is 5.04. The first-order valence-electron chi connectivity index (χ1n) is 6.20. The normalized spacial score (nSPS) is 20.4. The van der Waals surface area contributed by atoms with Gasteiger partial charge in [0, 0.05) is 6.04 Å². The number of hydrogen-bond acceptors (Lipinski definition) is 3. The minimum absolute atomic E-state index is 0.115. The first-order valence-corrected chi connectivity index (χ1v) is 6.20. The van der Waals surface area contributed by atoms with Gasteiger partial charge in [0.25, 0.3) is 0 Å². The Balaban J connectivity index is 2.52. The summed E-state index contributed by atoms with van der Waals surface area (Å²) in [5, 5.41) is 15.0. The van der Waals surface area contributed by atoms with Crippen molar-refractivity contribution in [2.45, 2.75) is 64.1 Å². The van der Waals surface area contributed by atoms with Crippen LogP contribution in [0.3, 0.4) is 0 Å². The molecule has 17 heavy (non-hydrogen) atoms. The lowest BCUT2D eigenvalue weighted by Crippen LogP contribution is -2.57. The van der Waals surface area contributed by atoms with Crippen molar-refractivity contribution in [1.29, 1.82) is 0 Å². The van der Waals surface area contributed by atoms with Gasteiger partial charge in [0.1, 0.15) is 5.54 Å². The zero-order chi connectivity index (χ0) is 13.1. The van der Waals surface area contributed by atoms with Crippen molar-refractivity contribution in [3.8, 4) is 0 Å². The van der Waals surface area contributed by atoms with Gasteiger partial charge in [0.2, 0.25) is 5.91 Å². The molecule has 2 atom stereocenters. The van der Waals surface area contributed by atoms with Gasteiger partial charge in [-0.15, -0.1) is 0 Å². The SMILES string of the molecule is CCCC(C)(NC(C)C(=O)NC1CC1)C(=O)O. The van der Waals surface area contributed by atoms with Gasteiger partial charge in [-0.05, 0) is 33.1 Å². The second kappa shape index (κ2) is 5.49. The van der Waals surface area contributed by atoms with Crippen molar-refractivity contribution in [2.75, 3.05) is 0 Å². The van der Waals surface area contributed by atoms with Crippen LogP contribution in [0.15, 0.2) is 0 Å². The van der Waals surface area contributed by atoms with Crippen molar-refractivity contribution >= 4 is 11.9 Å². The Bertz CT molecular complexity index is 302. The van der Waals surface area contributed by atoms with Crippen molar-refractivity contribution in [3.05, 3.63) is 0 Å². The molecule has 3 N–H and O–H groups in total. The van der Waals surface area contributed by atoms with E-state index in [1.807, 2.05) is 6.92 Å². The molecule has 2 unspecified atom stereocenters. The van der Waals surface area contributed by atoms with E-state index in [-0.39, 0.29) is 5.91 Å². The number of carbonyl (C=O) groups is 2. The smallest absolute Gasteiger partial charge is 0.323 e. The van der Waals surface area contributed by atoms with Gasteiger partial charge in [0.05, 0.1) is 6.04 Å². The number of carboxylic acid groups (broad SMARTS) is 1. The lowest BCUT2D eigenvalue weighted by molar-refractivity contribution is -0.145. The molecule has 1 aliphatic rings. The van der Waals surface area contributed by atoms with E-state index >= 15 is 0 Å². The summed E-state index contributed by atoms with van der Waals surface area (Å²) < 4.78 is 0. The topological polar surface area (TPSA) is 78.4 Å².